The van der Waals surface area contributed by atoms with E-state index in [0.29, 0.717) is 5.33 Å². The van der Waals surface area contributed by atoms with Gasteiger partial charge in [-0.05, 0) is 32.3 Å². The van der Waals surface area contributed by atoms with Gasteiger partial charge in [0.2, 0.25) is 0 Å². The Labute approximate surface area is 124 Å². The molecular weight excluding hydrogens is 386 g/mol. The molecule has 0 saturated carbocycles. The van der Waals surface area contributed by atoms with Gasteiger partial charge in [0.15, 0.2) is 0 Å². The number of alkyl halides is 4. The van der Waals surface area contributed by atoms with Gasteiger partial charge in [-0.1, -0.05) is 43.5 Å². The van der Waals surface area contributed by atoms with Gasteiger partial charge in [0.25, 0.3) is 0 Å². The first-order valence-electron chi connectivity index (χ1n) is 4.64. The summed E-state index contributed by atoms with van der Waals surface area (Å²) in [5.74, 6) is 0. The van der Waals surface area contributed by atoms with Crippen molar-refractivity contribution in [2.24, 2.45) is 0 Å². The first-order chi connectivity index (χ1) is 6.82. The molecule has 0 N–H and O–H groups in total. The van der Waals surface area contributed by atoms with Crippen LogP contribution in [0.25, 0.3) is 0 Å². The molecular formula is C10H15Br2Cl3. The first kappa shape index (κ1) is 16.6. The summed E-state index contributed by atoms with van der Waals surface area (Å²) >= 11 is 25.1. The minimum atomic E-state index is -0.375. The van der Waals surface area contributed by atoms with Crippen LogP contribution in [0.4, 0.5) is 0 Å². The van der Waals surface area contributed by atoms with E-state index in [1.54, 1.807) is 0 Å². The van der Waals surface area contributed by atoms with Crippen molar-refractivity contribution in [3.05, 3.63) is 10.6 Å². The zero-order chi connectivity index (χ0) is 12.1. The van der Waals surface area contributed by atoms with E-state index in [1.165, 1.54) is 5.57 Å². The van der Waals surface area contributed by atoms with Crippen molar-refractivity contribution >= 4 is 66.7 Å². The van der Waals surface area contributed by atoms with Crippen LogP contribution in [0.5, 0.6) is 0 Å². The van der Waals surface area contributed by atoms with E-state index in [2.05, 4.69) is 31.9 Å². The molecule has 0 spiro atoms. The molecule has 15 heavy (non-hydrogen) atoms. The summed E-state index contributed by atoms with van der Waals surface area (Å²) in [7, 11) is 0. The molecule has 0 aromatic rings. The van der Waals surface area contributed by atoms with Crippen LogP contribution < -0.4 is 0 Å². The molecule has 0 unspecified atom stereocenters. The van der Waals surface area contributed by atoms with Crippen LogP contribution in [0.3, 0.4) is 0 Å². The van der Waals surface area contributed by atoms with Gasteiger partial charge in [-0.3, -0.25) is 0 Å². The highest BCUT2D eigenvalue weighted by Gasteiger charge is 2.24. The number of hydrogen-bond acceptors (Lipinski definition) is 0. The predicted molar refractivity (Wildman–Crippen MR) is 79.3 cm³/mol. The maximum absolute atomic E-state index is 6.18. The maximum Gasteiger partial charge on any atom is 0.0553 e. The third kappa shape index (κ3) is 6.78. The highest BCUT2D eigenvalue weighted by Crippen LogP contribution is 2.29. The minimum Gasteiger partial charge on any atom is -0.121 e. The zero-order valence-corrected chi connectivity index (χ0v) is 14.2. The van der Waals surface area contributed by atoms with E-state index in [-0.39, 0.29) is 10.3 Å². The van der Waals surface area contributed by atoms with Crippen molar-refractivity contribution in [1.29, 1.82) is 0 Å². The fourth-order valence-corrected chi connectivity index (χ4v) is 2.57. The predicted octanol–water partition coefficient (Wildman–Crippen LogP) is 5.67. The molecule has 0 aliphatic carbocycles. The Morgan fingerprint density at radius 2 is 1.80 bits per heavy atom. The molecule has 0 saturated heterocycles. The lowest BCUT2D eigenvalue weighted by molar-refractivity contribution is 0.599. The minimum absolute atomic E-state index is 0.0481. The van der Waals surface area contributed by atoms with Gasteiger partial charge in [-0.2, -0.15) is 0 Å². The molecule has 90 valence electrons. The molecule has 0 nitrogen and oxygen atoms in total. The van der Waals surface area contributed by atoms with Gasteiger partial charge in [0.05, 0.1) is 10.3 Å². The Morgan fingerprint density at radius 1 is 1.27 bits per heavy atom. The van der Waals surface area contributed by atoms with Crippen LogP contribution in [0.1, 0.15) is 26.7 Å². The van der Waals surface area contributed by atoms with Crippen molar-refractivity contribution < 1.29 is 0 Å². The third-order valence-electron chi connectivity index (χ3n) is 2.11. The summed E-state index contributed by atoms with van der Waals surface area (Å²) in [6.45, 7) is 3.85. The number of halogens is 5. The summed E-state index contributed by atoms with van der Waals surface area (Å²) in [6.07, 6.45) is 1.71. The molecule has 0 radical (unpaired) electrons. The lowest BCUT2D eigenvalue weighted by Crippen LogP contribution is -2.25. The van der Waals surface area contributed by atoms with Crippen LogP contribution >= 0.6 is 66.7 Å². The first-order valence-corrected chi connectivity index (χ1v) is 8.07. The number of hydrogen-bond donors (Lipinski definition) is 0. The summed E-state index contributed by atoms with van der Waals surface area (Å²) < 4.78 is 0. The van der Waals surface area contributed by atoms with Crippen molar-refractivity contribution in [2.75, 3.05) is 10.7 Å². The van der Waals surface area contributed by atoms with E-state index in [9.17, 15) is 0 Å². The molecule has 0 fully saturated rings. The smallest absolute Gasteiger partial charge is 0.0553 e. The summed E-state index contributed by atoms with van der Waals surface area (Å²) in [4.78, 5) is -0.375. The normalized spacial score (nSPS) is 16.2. The van der Waals surface area contributed by atoms with Crippen molar-refractivity contribution in [1.82, 2.24) is 0 Å². The SMILES string of the molecule is CC(C)(Cl)[C@@H](Cl)CC/C(CBr)=C(\Cl)CBr. The monoisotopic (exact) mass is 398 g/mol. The van der Waals surface area contributed by atoms with Crippen LogP contribution in [0.15, 0.2) is 10.6 Å². The Bertz CT molecular complexity index is 221. The average molecular weight is 401 g/mol. The third-order valence-corrected chi connectivity index (χ3v) is 5.21. The van der Waals surface area contributed by atoms with Gasteiger partial charge in [0, 0.05) is 15.7 Å². The molecule has 0 aromatic heterocycles. The van der Waals surface area contributed by atoms with Gasteiger partial charge in [0.1, 0.15) is 0 Å². The molecule has 1 atom stereocenters. The molecule has 0 amide bonds. The van der Waals surface area contributed by atoms with Crippen molar-refractivity contribution in [2.45, 2.75) is 36.9 Å². The standard InChI is InChI=1S/C10H15Br2Cl3/c1-10(2,15)9(14)4-3-7(5-11)8(13)6-12/h9H,3-6H2,1-2H3/b8-7+/t9-/m0/s1. The summed E-state index contributed by atoms with van der Waals surface area (Å²) in [5.41, 5.74) is 1.18. The molecule has 5 heteroatoms. The Hall–Kier alpha value is 1.57. The van der Waals surface area contributed by atoms with Gasteiger partial charge < -0.3 is 0 Å². The topological polar surface area (TPSA) is 0 Å². The fraction of sp³-hybridized carbons (Fsp3) is 0.800. The molecule has 0 heterocycles. The van der Waals surface area contributed by atoms with E-state index >= 15 is 0 Å². The molecule has 0 bridgehead atoms. The molecule has 0 aliphatic rings. The average Bonchev–Trinajstić information content (AvgIpc) is 2.16. The Kier molecular flexibility index (Phi) is 8.63. The summed E-state index contributed by atoms with van der Waals surface area (Å²) in [5, 5.41) is 2.27. The van der Waals surface area contributed by atoms with Gasteiger partial charge >= 0.3 is 0 Å². The second-order valence-corrected chi connectivity index (χ2v) is 6.93. The molecule has 0 rings (SSSR count). The molecule has 0 aliphatic heterocycles. The molecule has 0 aromatic carbocycles. The van der Waals surface area contributed by atoms with E-state index in [4.69, 9.17) is 34.8 Å². The lowest BCUT2D eigenvalue weighted by atomic mass is 10.0. The summed E-state index contributed by atoms with van der Waals surface area (Å²) in [6, 6.07) is 0. The number of rotatable bonds is 6. The van der Waals surface area contributed by atoms with Crippen LogP contribution in [0, 0.1) is 0 Å². The van der Waals surface area contributed by atoms with Crippen molar-refractivity contribution in [3.63, 3.8) is 0 Å². The Balaban J connectivity index is 4.25. The van der Waals surface area contributed by atoms with Gasteiger partial charge in [-0.25, -0.2) is 0 Å². The van der Waals surface area contributed by atoms with Crippen LogP contribution in [0.2, 0.25) is 0 Å². The second-order valence-electron chi connectivity index (χ2n) is 3.85. The number of allylic oxidation sites excluding steroid dienone is 2. The maximum atomic E-state index is 6.18. The van der Waals surface area contributed by atoms with Crippen LogP contribution in [-0.2, 0) is 0 Å². The van der Waals surface area contributed by atoms with E-state index in [1.807, 2.05) is 13.8 Å². The second kappa shape index (κ2) is 7.81. The van der Waals surface area contributed by atoms with E-state index in [0.717, 1.165) is 23.2 Å². The highest BCUT2D eigenvalue weighted by atomic mass is 79.9. The largest absolute Gasteiger partial charge is 0.121 e. The lowest BCUT2D eigenvalue weighted by Gasteiger charge is -2.23. The quantitative estimate of drug-likeness (QED) is 0.503. The van der Waals surface area contributed by atoms with E-state index < -0.39 is 0 Å². The Morgan fingerprint density at radius 3 is 2.13 bits per heavy atom. The fourth-order valence-electron chi connectivity index (χ4n) is 1.01. The van der Waals surface area contributed by atoms with Gasteiger partial charge in [-0.15, -0.1) is 23.2 Å². The zero-order valence-electron chi connectivity index (χ0n) is 8.80. The van der Waals surface area contributed by atoms with Crippen molar-refractivity contribution in [3.8, 4) is 0 Å². The van der Waals surface area contributed by atoms with Crippen LogP contribution in [-0.4, -0.2) is 20.9 Å². The highest BCUT2D eigenvalue weighted by molar-refractivity contribution is 9.09.